The van der Waals surface area contributed by atoms with Gasteiger partial charge in [-0.3, -0.25) is 4.79 Å². The van der Waals surface area contributed by atoms with Gasteiger partial charge in [0, 0.05) is 6.04 Å². The maximum Gasteiger partial charge on any atom is 0.451 e. The van der Waals surface area contributed by atoms with Crippen LogP contribution in [-0.2, 0) is 4.79 Å². The summed E-state index contributed by atoms with van der Waals surface area (Å²) in [6, 6.07) is -0.246. The number of carboxylic acid groups (broad SMARTS) is 1. The zero-order chi connectivity index (χ0) is 15.8. The third-order valence-electron chi connectivity index (χ3n) is 5.33. The van der Waals surface area contributed by atoms with Crippen LogP contribution < -0.4 is 11.1 Å². The molecule has 6 nitrogen and oxygen atoms in total. The molecule has 2 aliphatic carbocycles. The van der Waals surface area contributed by atoms with E-state index in [4.69, 9.17) is 15.8 Å². The van der Waals surface area contributed by atoms with Crippen LogP contribution in [0.5, 0.6) is 0 Å². The van der Waals surface area contributed by atoms with Crippen molar-refractivity contribution in [3.63, 3.8) is 0 Å². The van der Waals surface area contributed by atoms with Gasteiger partial charge in [-0.2, -0.15) is 0 Å². The first-order valence-corrected chi connectivity index (χ1v) is 7.51. The van der Waals surface area contributed by atoms with Gasteiger partial charge in [0.1, 0.15) is 11.7 Å². The van der Waals surface area contributed by atoms with Crippen LogP contribution >= 0.6 is 0 Å². The number of aliphatic carboxylic acids is 1. The minimum atomic E-state index is -1.42. The second kappa shape index (κ2) is 6.20. The summed E-state index contributed by atoms with van der Waals surface area (Å²) in [6.45, 7) is 0. The Balaban J connectivity index is 2.15. The van der Waals surface area contributed by atoms with Crippen LogP contribution in [-0.4, -0.2) is 53.0 Å². The van der Waals surface area contributed by atoms with Crippen LogP contribution in [0.25, 0.3) is 0 Å². The molecule has 0 aromatic carbocycles. The van der Waals surface area contributed by atoms with Gasteiger partial charge in [-0.15, -0.1) is 0 Å². The van der Waals surface area contributed by atoms with Crippen molar-refractivity contribution in [3.8, 4) is 0 Å². The highest BCUT2D eigenvalue weighted by Gasteiger charge is 2.61. The van der Waals surface area contributed by atoms with Gasteiger partial charge in [0.2, 0.25) is 0 Å². The zero-order valence-corrected chi connectivity index (χ0v) is 12.2. The standard InChI is InChI=1S/C13H24BFN2O4/c1-17-9-5-7-6-13(16,12(18)19)8(10(7)11(9)15)3-2-4-14(20)21/h7-11,17,20-21H,2-6,16H2,1H3,(H,18,19). The van der Waals surface area contributed by atoms with Gasteiger partial charge >= 0.3 is 13.1 Å². The number of rotatable bonds is 6. The molecule has 2 rings (SSSR count). The van der Waals surface area contributed by atoms with E-state index in [-0.39, 0.29) is 30.6 Å². The molecule has 2 fully saturated rings. The normalized spacial score (nSPS) is 42.0. The number of carbonyl (C=O) groups is 1. The van der Waals surface area contributed by atoms with Gasteiger partial charge in [0.05, 0.1) is 0 Å². The molecule has 2 aliphatic rings. The lowest BCUT2D eigenvalue weighted by molar-refractivity contribution is -0.145. The van der Waals surface area contributed by atoms with E-state index >= 15 is 0 Å². The third kappa shape index (κ3) is 2.95. The van der Waals surface area contributed by atoms with E-state index < -0.39 is 30.7 Å². The Morgan fingerprint density at radius 1 is 1.52 bits per heavy atom. The number of halogens is 1. The Morgan fingerprint density at radius 3 is 2.71 bits per heavy atom. The molecule has 6 N–H and O–H groups in total. The van der Waals surface area contributed by atoms with Crippen molar-refractivity contribution in [3.05, 3.63) is 0 Å². The molecular weight excluding hydrogens is 278 g/mol. The fourth-order valence-corrected chi connectivity index (χ4v) is 4.33. The maximum absolute atomic E-state index is 14.6. The summed E-state index contributed by atoms with van der Waals surface area (Å²) in [6.07, 6.45) is 0.767. The smallest absolute Gasteiger partial charge is 0.451 e. The average molecular weight is 302 g/mol. The lowest BCUT2D eigenvalue weighted by Crippen LogP contribution is -2.53. The fourth-order valence-electron chi connectivity index (χ4n) is 4.33. The number of carboxylic acids is 1. The minimum absolute atomic E-state index is 0.0254. The molecule has 0 amide bonds. The van der Waals surface area contributed by atoms with Crippen molar-refractivity contribution in [2.45, 2.75) is 49.8 Å². The maximum atomic E-state index is 14.6. The molecule has 0 bridgehead atoms. The van der Waals surface area contributed by atoms with E-state index in [9.17, 15) is 14.3 Å². The van der Waals surface area contributed by atoms with Crippen LogP contribution in [0.3, 0.4) is 0 Å². The first-order valence-electron chi connectivity index (χ1n) is 7.51. The summed E-state index contributed by atoms with van der Waals surface area (Å²) in [4.78, 5) is 11.6. The lowest BCUT2D eigenvalue weighted by atomic mass is 9.75. The molecule has 21 heavy (non-hydrogen) atoms. The largest absolute Gasteiger partial charge is 0.480 e. The Morgan fingerprint density at radius 2 is 2.19 bits per heavy atom. The van der Waals surface area contributed by atoms with E-state index in [0.29, 0.717) is 19.3 Å². The summed E-state index contributed by atoms with van der Waals surface area (Å²) in [5.41, 5.74) is 4.69. The van der Waals surface area contributed by atoms with Gasteiger partial charge in [-0.05, 0) is 50.4 Å². The third-order valence-corrected chi connectivity index (χ3v) is 5.33. The van der Waals surface area contributed by atoms with Crippen LogP contribution in [0, 0.1) is 17.8 Å². The summed E-state index contributed by atoms with van der Waals surface area (Å²) >= 11 is 0. The molecule has 0 aromatic rings. The van der Waals surface area contributed by atoms with Crippen molar-refractivity contribution in [1.29, 1.82) is 0 Å². The molecule has 0 aliphatic heterocycles. The molecule has 0 spiro atoms. The Kier molecular flexibility index (Phi) is 4.92. The quantitative estimate of drug-likeness (QED) is 0.427. The number of fused-ring (bicyclic) bond motifs is 1. The topological polar surface area (TPSA) is 116 Å². The Labute approximate surface area is 124 Å². The number of hydrogen-bond donors (Lipinski definition) is 5. The second-order valence-corrected chi connectivity index (χ2v) is 6.48. The second-order valence-electron chi connectivity index (χ2n) is 6.48. The molecule has 120 valence electrons. The minimum Gasteiger partial charge on any atom is -0.480 e. The zero-order valence-electron chi connectivity index (χ0n) is 12.2. The predicted octanol–water partition coefficient (Wildman–Crippen LogP) is -0.396. The molecule has 6 unspecified atom stereocenters. The molecule has 0 saturated heterocycles. The average Bonchev–Trinajstić information content (AvgIpc) is 2.85. The molecule has 2 saturated carbocycles. The molecule has 6 atom stereocenters. The first-order chi connectivity index (χ1) is 9.81. The summed E-state index contributed by atoms with van der Waals surface area (Å²) in [5, 5.41) is 30.2. The van der Waals surface area contributed by atoms with Crippen LogP contribution in [0.15, 0.2) is 0 Å². The highest BCUT2D eigenvalue weighted by atomic mass is 19.1. The SMILES string of the molecule is CNC1CC2CC(N)(C(=O)O)C(CCCB(O)O)C2C1F. The highest BCUT2D eigenvalue weighted by Crippen LogP contribution is 2.54. The number of nitrogens with one attached hydrogen (secondary N) is 1. The highest BCUT2D eigenvalue weighted by molar-refractivity contribution is 6.40. The predicted molar refractivity (Wildman–Crippen MR) is 76.2 cm³/mol. The lowest BCUT2D eigenvalue weighted by Gasteiger charge is -2.32. The van der Waals surface area contributed by atoms with Gasteiger partial charge < -0.3 is 26.2 Å². The number of nitrogens with two attached hydrogens (primary N) is 1. The van der Waals surface area contributed by atoms with E-state index in [1.807, 2.05) is 0 Å². The number of alkyl halides is 1. The van der Waals surface area contributed by atoms with Gasteiger partial charge in [0.15, 0.2) is 0 Å². The molecule has 8 heteroatoms. The van der Waals surface area contributed by atoms with E-state index in [2.05, 4.69) is 5.32 Å². The Hall–Kier alpha value is -0.695. The van der Waals surface area contributed by atoms with Crippen LogP contribution in [0.4, 0.5) is 4.39 Å². The van der Waals surface area contributed by atoms with Gasteiger partial charge in [-0.25, -0.2) is 4.39 Å². The van der Waals surface area contributed by atoms with Crippen molar-refractivity contribution < 1.29 is 24.3 Å². The summed E-state index contributed by atoms with van der Waals surface area (Å²) < 4.78 is 14.6. The van der Waals surface area contributed by atoms with E-state index in [1.165, 1.54) is 0 Å². The monoisotopic (exact) mass is 302 g/mol. The van der Waals surface area contributed by atoms with E-state index in [1.54, 1.807) is 7.05 Å². The molecular formula is C13H24BFN2O4. The van der Waals surface area contributed by atoms with E-state index in [0.717, 1.165) is 0 Å². The Bertz CT molecular complexity index is 400. The van der Waals surface area contributed by atoms with Crippen molar-refractivity contribution >= 4 is 13.1 Å². The van der Waals surface area contributed by atoms with Crippen molar-refractivity contribution in [2.75, 3.05) is 7.05 Å². The summed E-state index contributed by atoms with van der Waals surface area (Å²) in [5.74, 6) is -1.94. The van der Waals surface area contributed by atoms with Gasteiger partial charge in [0.25, 0.3) is 0 Å². The van der Waals surface area contributed by atoms with Crippen LogP contribution in [0.1, 0.15) is 25.7 Å². The number of hydrogen-bond acceptors (Lipinski definition) is 5. The fraction of sp³-hybridized carbons (Fsp3) is 0.923. The molecule has 0 radical (unpaired) electrons. The van der Waals surface area contributed by atoms with Crippen molar-refractivity contribution in [2.24, 2.45) is 23.5 Å². The molecule has 0 heterocycles. The van der Waals surface area contributed by atoms with Crippen LogP contribution in [0.2, 0.25) is 6.32 Å². The van der Waals surface area contributed by atoms with Gasteiger partial charge in [-0.1, -0.05) is 6.42 Å². The van der Waals surface area contributed by atoms with Crippen molar-refractivity contribution in [1.82, 2.24) is 5.32 Å². The molecule has 0 aromatic heterocycles. The first kappa shape index (κ1) is 16.7. The summed E-state index contributed by atoms with van der Waals surface area (Å²) in [7, 11) is 0.288.